The maximum absolute atomic E-state index is 11.7. The van der Waals surface area contributed by atoms with Gasteiger partial charge in [0.25, 0.3) is 0 Å². The summed E-state index contributed by atoms with van der Waals surface area (Å²) in [6.07, 6.45) is 1.56. The van der Waals surface area contributed by atoms with Gasteiger partial charge in [0, 0.05) is 38.8 Å². The zero-order valence-electron chi connectivity index (χ0n) is 12.2. The third-order valence-electron chi connectivity index (χ3n) is 4.50. The van der Waals surface area contributed by atoms with Crippen LogP contribution in [0.3, 0.4) is 0 Å². The van der Waals surface area contributed by atoms with Gasteiger partial charge in [0.1, 0.15) is 0 Å². The largest absolute Gasteiger partial charge is 0.387 e. The van der Waals surface area contributed by atoms with Gasteiger partial charge in [-0.05, 0) is 18.4 Å². The van der Waals surface area contributed by atoms with Gasteiger partial charge in [0.05, 0.1) is 6.10 Å². The van der Waals surface area contributed by atoms with E-state index in [9.17, 15) is 9.90 Å². The summed E-state index contributed by atoms with van der Waals surface area (Å²) in [5.74, 6) is 0. The van der Waals surface area contributed by atoms with E-state index in [4.69, 9.17) is 0 Å². The van der Waals surface area contributed by atoms with Crippen LogP contribution in [0.1, 0.15) is 24.5 Å². The quantitative estimate of drug-likeness (QED) is 0.876. The van der Waals surface area contributed by atoms with Crippen molar-refractivity contribution in [3.63, 3.8) is 0 Å². The monoisotopic (exact) mass is 289 g/mol. The number of nitrogens with zero attached hydrogens (tertiary/aromatic N) is 2. The first-order valence-corrected chi connectivity index (χ1v) is 7.74. The minimum atomic E-state index is -0.433. The fourth-order valence-corrected chi connectivity index (χ4v) is 3.27. The predicted octanol–water partition coefficient (Wildman–Crippen LogP) is 1.21. The van der Waals surface area contributed by atoms with E-state index in [1.165, 1.54) is 0 Å². The zero-order chi connectivity index (χ0) is 14.7. The van der Waals surface area contributed by atoms with Gasteiger partial charge in [0.2, 0.25) is 0 Å². The van der Waals surface area contributed by atoms with Crippen molar-refractivity contribution in [2.75, 3.05) is 32.7 Å². The number of carbonyl (C=O) groups excluding carboxylic acids is 1. The van der Waals surface area contributed by atoms with Crippen LogP contribution in [0.15, 0.2) is 30.3 Å². The Morgan fingerprint density at radius 1 is 1.19 bits per heavy atom. The van der Waals surface area contributed by atoms with Crippen molar-refractivity contribution in [1.29, 1.82) is 0 Å². The van der Waals surface area contributed by atoms with Crippen LogP contribution < -0.4 is 5.32 Å². The number of benzene rings is 1. The van der Waals surface area contributed by atoms with Gasteiger partial charge in [0.15, 0.2) is 0 Å². The smallest absolute Gasteiger partial charge is 0.317 e. The van der Waals surface area contributed by atoms with Gasteiger partial charge >= 0.3 is 6.03 Å². The first-order valence-electron chi connectivity index (χ1n) is 7.74. The second-order valence-electron chi connectivity index (χ2n) is 5.88. The van der Waals surface area contributed by atoms with E-state index < -0.39 is 6.10 Å². The van der Waals surface area contributed by atoms with Crippen molar-refractivity contribution in [1.82, 2.24) is 15.1 Å². The molecule has 0 unspecified atom stereocenters. The maximum Gasteiger partial charge on any atom is 0.317 e. The third-order valence-corrected chi connectivity index (χ3v) is 4.50. The van der Waals surface area contributed by atoms with Crippen molar-refractivity contribution in [2.24, 2.45) is 0 Å². The lowest BCUT2D eigenvalue weighted by Gasteiger charge is -2.36. The van der Waals surface area contributed by atoms with Crippen LogP contribution in [0.5, 0.6) is 0 Å². The molecule has 1 aromatic carbocycles. The van der Waals surface area contributed by atoms with E-state index in [0.29, 0.717) is 12.6 Å². The van der Waals surface area contributed by atoms with Crippen LogP contribution in [-0.4, -0.2) is 59.7 Å². The molecule has 1 atom stereocenters. The standard InChI is InChI=1S/C16H23N3O2/c20-15(13-4-2-1-3-5-13)12-18-9-6-14(7-10-18)19-11-8-17-16(19)21/h1-5,14-15,20H,6-12H2,(H,17,21)/t15-/m1/s1. The van der Waals surface area contributed by atoms with E-state index >= 15 is 0 Å². The molecule has 0 aliphatic carbocycles. The number of carbonyl (C=O) groups is 1. The van der Waals surface area contributed by atoms with Gasteiger partial charge in [-0.1, -0.05) is 30.3 Å². The molecule has 2 saturated heterocycles. The first kappa shape index (κ1) is 14.4. The summed E-state index contributed by atoms with van der Waals surface area (Å²) >= 11 is 0. The lowest BCUT2D eigenvalue weighted by Crippen LogP contribution is -2.46. The summed E-state index contributed by atoms with van der Waals surface area (Å²) in [5, 5.41) is 13.1. The van der Waals surface area contributed by atoms with Gasteiger partial charge in [-0.3, -0.25) is 0 Å². The summed E-state index contributed by atoms with van der Waals surface area (Å²) in [6, 6.07) is 10.2. The van der Waals surface area contributed by atoms with Crippen LogP contribution in [0.4, 0.5) is 4.79 Å². The summed E-state index contributed by atoms with van der Waals surface area (Å²) < 4.78 is 0. The molecule has 5 nitrogen and oxygen atoms in total. The molecule has 0 spiro atoms. The molecule has 21 heavy (non-hydrogen) atoms. The van der Waals surface area contributed by atoms with Crippen molar-refractivity contribution >= 4 is 6.03 Å². The lowest BCUT2D eigenvalue weighted by molar-refractivity contribution is 0.0796. The average molecular weight is 289 g/mol. The van der Waals surface area contributed by atoms with Crippen LogP contribution in [0.25, 0.3) is 0 Å². The van der Waals surface area contributed by atoms with E-state index in [-0.39, 0.29) is 6.03 Å². The van der Waals surface area contributed by atoms with Gasteiger partial charge in [-0.2, -0.15) is 0 Å². The molecule has 2 N–H and O–H groups in total. The Bertz CT molecular complexity index is 472. The van der Waals surface area contributed by atoms with E-state index in [2.05, 4.69) is 10.2 Å². The number of nitrogens with one attached hydrogen (secondary N) is 1. The summed E-state index contributed by atoms with van der Waals surface area (Å²) in [7, 11) is 0. The van der Waals surface area contributed by atoms with Gasteiger partial charge < -0.3 is 20.2 Å². The Hall–Kier alpha value is -1.59. The van der Waals surface area contributed by atoms with Crippen molar-refractivity contribution in [3.8, 4) is 0 Å². The van der Waals surface area contributed by atoms with Crippen molar-refractivity contribution in [3.05, 3.63) is 35.9 Å². The Kier molecular flexibility index (Phi) is 4.41. The Morgan fingerprint density at radius 2 is 1.90 bits per heavy atom. The predicted molar refractivity (Wildman–Crippen MR) is 81.0 cm³/mol. The minimum Gasteiger partial charge on any atom is -0.387 e. The number of aliphatic hydroxyl groups excluding tert-OH is 1. The highest BCUT2D eigenvalue weighted by molar-refractivity contribution is 5.76. The molecule has 0 bridgehead atoms. The molecule has 2 fully saturated rings. The average Bonchev–Trinajstić information content (AvgIpc) is 2.95. The SMILES string of the molecule is O=C1NCCN1C1CCN(C[C@@H](O)c2ccccc2)CC1. The van der Waals surface area contributed by atoms with Crippen molar-refractivity contribution < 1.29 is 9.90 Å². The van der Waals surface area contributed by atoms with E-state index in [1.54, 1.807) is 0 Å². The molecule has 1 aromatic rings. The molecular formula is C16H23N3O2. The zero-order valence-corrected chi connectivity index (χ0v) is 12.2. The Morgan fingerprint density at radius 3 is 2.52 bits per heavy atom. The lowest BCUT2D eigenvalue weighted by atomic mass is 10.0. The minimum absolute atomic E-state index is 0.0813. The molecule has 2 heterocycles. The second kappa shape index (κ2) is 6.45. The number of likely N-dealkylation sites (tertiary alicyclic amines) is 1. The Balaban J connectivity index is 1.48. The highest BCUT2D eigenvalue weighted by Gasteiger charge is 2.31. The molecule has 2 aliphatic heterocycles. The number of hydrogen-bond acceptors (Lipinski definition) is 3. The number of urea groups is 1. The molecule has 0 saturated carbocycles. The second-order valence-corrected chi connectivity index (χ2v) is 5.88. The van der Waals surface area contributed by atoms with Crippen LogP contribution >= 0.6 is 0 Å². The molecular weight excluding hydrogens is 266 g/mol. The van der Waals surface area contributed by atoms with Crippen LogP contribution in [-0.2, 0) is 0 Å². The normalized spacial score (nSPS) is 22.3. The summed E-state index contributed by atoms with van der Waals surface area (Å²) in [4.78, 5) is 15.9. The van der Waals surface area contributed by atoms with Crippen LogP contribution in [0, 0.1) is 0 Å². The van der Waals surface area contributed by atoms with Crippen LogP contribution in [0.2, 0.25) is 0 Å². The molecule has 2 aliphatic rings. The number of amides is 2. The summed E-state index contributed by atoms with van der Waals surface area (Å²) in [5.41, 5.74) is 0.971. The number of aliphatic hydroxyl groups is 1. The number of rotatable bonds is 4. The fraction of sp³-hybridized carbons (Fsp3) is 0.562. The molecule has 0 aromatic heterocycles. The molecule has 114 valence electrons. The highest BCUT2D eigenvalue weighted by atomic mass is 16.3. The topological polar surface area (TPSA) is 55.8 Å². The highest BCUT2D eigenvalue weighted by Crippen LogP contribution is 2.21. The molecule has 3 rings (SSSR count). The molecule has 5 heteroatoms. The number of hydrogen-bond donors (Lipinski definition) is 2. The number of piperidine rings is 1. The molecule has 0 radical (unpaired) electrons. The van der Waals surface area contributed by atoms with Gasteiger partial charge in [-0.25, -0.2) is 4.79 Å². The first-order chi connectivity index (χ1) is 10.2. The third kappa shape index (κ3) is 3.36. The number of β-amino-alcohol motifs (C(OH)–C–C–N with tert-alkyl or cyclic N) is 1. The molecule has 2 amide bonds. The van der Waals surface area contributed by atoms with Gasteiger partial charge in [-0.15, -0.1) is 0 Å². The maximum atomic E-state index is 11.7. The van der Waals surface area contributed by atoms with Crippen molar-refractivity contribution in [2.45, 2.75) is 25.0 Å². The summed E-state index contributed by atoms with van der Waals surface area (Å²) in [6.45, 7) is 4.15. The fourth-order valence-electron chi connectivity index (χ4n) is 3.27. The van der Waals surface area contributed by atoms with E-state index in [0.717, 1.165) is 44.6 Å². The van der Waals surface area contributed by atoms with E-state index in [1.807, 2.05) is 35.2 Å². The Labute approximate surface area is 125 Å².